The Labute approximate surface area is 157 Å². The molecule has 0 radical (unpaired) electrons. The van der Waals surface area contributed by atoms with E-state index in [4.69, 9.17) is 35.4 Å². The standard InChI is InChI=1S/C15H12Cl2N4OS2/c1-8(14(22)18-11-5-4-9(16)7-10(11)17)21-13(19-20-15(21)23)12-3-2-6-24-12/h2-8H,1H3,(H,18,22)(H,20,23). The van der Waals surface area contributed by atoms with Crippen LogP contribution in [0.15, 0.2) is 35.7 Å². The molecule has 124 valence electrons. The van der Waals surface area contributed by atoms with Crippen LogP contribution in [0.5, 0.6) is 0 Å². The number of benzene rings is 1. The smallest absolute Gasteiger partial charge is 0.247 e. The first-order chi connectivity index (χ1) is 11.5. The summed E-state index contributed by atoms with van der Waals surface area (Å²) in [6, 6.07) is 8.16. The Morgan fingerprint density at radius 1 is 1.42 bits per heavy atom. The van der Waals surface area contributed by atoms with Crippen molar-refractivity contribution in [3.8, 4) is 10.7 Å². The van der Waals surface area contributed by atoms with Crippen LogP contribution in [0.4, 0.5) is 5.69 Å². The van der Waals surface area contributed by atoms with Gasteiger partial charge in [0.2, 0.25) is 5.91 Å². The topological polar surface area (TPSA) is 62.7 Å². The average molecular weight is 399 g/mol. The highest BCUT2D eigenvalue weighted by atomic mass is 35.5. The number of nitrogens with zero attached hydrogens (tertiary/aromatic N) is 2. The highest BCUT2D eigenvalue weighted by molar-refractivity contribution is 7.71. The van der Waals surface area contributed by atoms with Crippen LogP contribution in [-0.2, 0) is 4.79 Å². The molecular weight excluding hydrogens is 387 g/mol. The summed E-state index contributed by atoms with van der Waals surface area (Å²) in [7, 11) is 0. The molecule has 3 aromatic rings. The summed E-state index contributed by atoms with van der Waals surface area (Å²) in [5.74, 6) is 0.370. The van der Waals surface area contributed by atoms with Gasteiger partial charge in [-0.1, -0.05) is 29.3 Å². The third-order valence-corrected chi connectivity index (χ3v) is 5.10. The summed E-state index contributed by atoms with van der Waals surface area (Å²) < 4.78 is 2.06. The van der Waals surface area contributed by atoms with Crippen molar-refractivity contribution in [2.45, 2.75) is 13.0 Å². The van der Waals surface area contributed by atoms with Crippen LogP contribution in [0.2, 0.25) is 10.0 Å². The van der Waals surface area contributed by atoms with E-state index in [0.29, 0.717) is 26.3 Å². The number of hydrogen-bond donors (Lipinski definition) is 2. The Bertz CT molecular complexity index is 933. The van der Waals surface area contributed by atoms with E-state index in [2.05, 4.69) is 15.5 Å². The molecule has 0 spiro atoms. The minimum absolute atomic E-state index is 0.255. The normalized spacial score (nSPS) is 12.1. The number of halogens is 2. The van der Waals surface area contributed by atoms with Crippen LogP contribution in [0.25, 0.3) is 10.7 Å². The van der Waals surface area contributed by atoms with Gasteiger partial charge in [-0.25, -0.2) is 0 Å². The van der Waals surface area contributed by atoms with Crippen molar-refractivity contribution in [1.82, 2.24) is 14.8 Å². The zero-order chi connectivity index (χ0) is 17.3. The van der Waals surface area contributed by atoms with E-state index >= 15 is 0 Å². The second-order valence-electron chi connectivity index (χ2n) is 4.99. The van der Waals surface area contributed by atoms with E-state index in [1.54, 1.807) is 29.7 Å². The van der Waals surface area contributed by atoms with Gasteiger partial charge in [0.1, 0.15) is 6.04 Å². The molecule has 2 aromatic heterocycles. The molecule has 0 saturated heterocycles. The minimum atomic E-state index is -0.569. The second-order valence-corrected chi connectivity index (χ2v) is 7.17. The summed E-state index contributed by atoms with van der Waals surface area (Å²) in [4.78, 5) is 13.5. The van der Waals surface area contributed by atoms with Crippen molar-refractivity contribution in [2.24, 2.45) is 0 Å². The molecule has 0 bridgehead atoms. The molecule has 2 N–H and O–H groups in total. The first kappa shape index (κ1) is 17.2. The highest BCUT2D eigenvalue weighted by Gasteiger charge is 2.22. The fourth-order valence-electron chi connectivity index (χ4n) is 2.19. The lowest BCUT2D eigenvalue weighted by molar-refractivity contribution is -0.118. The maximum Gasteiger partial charge on any atom is 0.247 e. The van der Waals surface area contributed by atoms with Crippen molar-refractivity contribution in [3.05, 3.63) is 50.5 Å². The van der Waals surface area contributed by atoms with Crippen molar-refractivity contribution in [3.63, 3.8) is 0 Å². The first-order valence-electron chi connectivity index (χ1n) is 6.94. The molecule has 0 aliphatic heterocycles. The number of carbonyl (C=O) groups is 1. The Kier molecular flexibility index (Phi) is 5.05. The molecule has 1 amide bonds. The molecule has 24 heavy (non-hydrogen) atoms. The molecular formula is C15H12Cl2N4OS2. The predicted molar refractivity (Wildman–Crippen MR) is 101 cm³/mol. The molecule has 1 atom stereocenters. The predicted octanol–water partition coefficient (Wildman–Crippen LogP) is 5.18. The van der Waals surface area contributed by atoms with E-state index < -0.39 is 6.04 Å². The lowest BCUT2D eigenvalue weighted by Crippen LogP contribution is -2.24. The number of rotatable bonds is 4. The molecule has 0 fully saturated rings. The molecule has 2 heterocycles. The Morgan fingerprint density at radius 2 is 2.21 bits per heavy atom. The molecule has 5 nitrogen and oxygen atoms in total. The van der Waals surface area contributed by atoms with E-state index in [1.165, 1.54) is 11.3 Å². The van der Waals surface area contributed by atoms with Crippen LogP contribution in [-0.4, -0.2) is 20.7 Å². The number of aromatic nitrogens is 3. The van der Waals surface area contributed by atoms with Crippen LogP contribution < -0.4 is 5.32 Å². The van der Waals surface area contributed by atoms with Crippen molar-refractivity contribution >= 4 is 58.4 Å². The third kappa shape index (κ3) is 3.39. The van der Waals surface area contributed by atoms with Gasteiger partial charge in [0.15, 0.2) is 10.6 Å². The molecule has 0 aliphatic rings. The number of aromatic amines is 1. The SMILES string of the molecule is CC(C(=O)Nc1ccc(Cl)cc1Cl)n1c(-c2cccs2)n[nH]c1=S. The van der Waals surface area contributed by atoms with Crippen molar-refractivity contribution in [2.75, 3.05) is 5.32 Å². The number of thiophene rings is 1. The fraction of sp³-hybridized carbons (Fsp3) is 0.133. The van der Waals surface area contributed by atoms with Crippen LogP contribution >= 0.6 is 46.8 Å². The monoisotopic (exact) mass is 398 g/mol. The van der Waals surface area contributed by atoms with Gasteiger partial charge in [-0.15, -0.1) is 11.3 Å². The van der Waals surface area contributed by atoms with Crippen molar-refractivity contribution in [1.29, 1.82) is 0 Å². The van der Waals surface area contributed by atoms with Gasteiger partial charge in [0.25, 0.3) is 0 Å². The maximum absolute atomic E-state index is 12.6. The second kappa shape index (κ2) is 7.06. The van der Waals surface area contributed by atoms with Crippen LogP contribution in [0.1, 0.15) is 13.0 Å². The van der Waals surface area contributed by atoms with E-state index in [9.17, 15) is 4.79 Å². The van der Waals surface area contributed by atoms with Gasteiger partial charge in [0.05, 0.1) is 15.6 Å². The zero-order valence-corrected chi connectivity index (χ0v) is 15.6. The first-order valence-corrected chi connectivity index (χ1v) is 8.98. The minimum Gasteiger partial charge on any atom is -0.323 e. The summed E-state index contributed by atoms with van der Waals surface area (Å²) in [5, 5.41) is 12.6. The van der Waals surface area contributed by atoms with Gasteiger partial charge in [0, 0.05) is 5.02 Å². The van der Waals surface area contributed by atoms with Gasteiger partial charge >= 0.3 is 0 Å². The van der Waals surface area contributed by atoms with E-state index in [0.717, 1.165) is 4.88 Å². The summed E-state index contributed by atoms with van der Waals surface area (Å²) in [6.45, 7) is 1.75. The van der Waals surface area contributed by atoms with E-state index in [-0.39, 0.29) is 5.91 Å². The summed E-state index contributed by atoms with van der Waals surface area (Å²) in [5.41, 5.74) is 0.491. The molecule has 1 aromatic carbocycles. The van der Waals surface area contributed by atoms with Gasteiger partial charge in [-0.3, -0.25) is 14.5 Å². The highest BCUT2D eigenvalue weighted by Crippen LogP contribution is 2.28. The Hall–Kier alpha value is -1.67. The third-order valence-electron chi connectivity index (χ3n) is 3.40. The Balaban J connectivity index is 1.89. The molecule has 3 rings (SSSR count). The number of carbonyl (C=O) groups excluding carboxylic acids is 1. The molecule has 1 unspecified atom stereocenters. The fourth-order valence-corrected chi connectivity index (χ4v) is 3.65. The number of anilines is 1. The lowest BCUT2D eigenvalue weighted by atomic mass is 10.2. The van der Waals surface area contributed by atoms with Crippen molar-refractivity contribution < 1.29 is 4.79 Å². The quantitative estimate of drug-likeness (QED) is 0.595. The van der Waals surface area contributed by atoms with Gasteiger partial charge in [-0.05, 0) is 48.8 Å². The number of hydrogen-bond acceptors (Lipinski definition) is 4. The Morgan fingerprint density at radius 3 is 2.88 bits per heavy atom. The van der Waals surface area contributed by atoms with Crippen LogP contribution in [0, 0.1) is 4.77 Å². The number of H-pyrrole nitrogens is 1. The lowest BCUT2D eigenvalue weighted by Gasteiger charge is -2.16. The maximum atomic E-state index is 12.6. The number of amides is 1. The van der Waals surface area contributed by atoms with Crippen LogP contribution in [0.3, 0.4) is 0 Å². The number of nitrogens with one attached hydrogen (secondary N) is 2. The van der Waals surface area contributed by atoms with Gasteiger partial charge < -0.3 is 5.32 Å². The average Bonchev–Trinajstić information content (AvgIpc) is 3.18. The summed E-state index contributed by atoms with van der Waals surface area (Å²) >= 11 is 18.8. The molecule has 0 aliphatic carbocycles. The van der Waals surface area contributed by atoms with Gasteiger partial charge in [-0.2, -0.15) is 5.10 Å². The zero-order valence-electron chi connectivity index (χ0n) is 12.4. The molecule has 0 saturated carbocycles. The van der Waals surface area contributed by atoms with E-state index in [1.807, 2.05) is 17.5 Å². The molecule has 9 heteroatoms. The summed E-state index contributed by atoms with van der Waals surface area (Å²) in [6.07, 6.45) is 0. The largest absolute Gasteiger partial charge is 0.323 e.